The predicted molar refractivity (Wildman–Crippen MR) is 112 cm³/mol. The van der Waals surface area contributed by atoms with Crippen molar-refractivity contribution < 1.29 is 29.5 Å². The quantitative estimate of drug-likeness (QED) is 0.522. The SMILES string of the molecule is COc1ccc([C@@H](C[NH2+]C[C@@H](O)COc2ccc(C)cc2)[NH+]2CCOCC2)cc1. The smallest absolute Gasteiger partial charge is 0.163 e. The first kappa shape index (κ1) is 21.6. The van der Waals surface area contributed by atoms with E-state index >= 15 is 0 Å². The molecule has 1 heterocycles. The summed E-state index contributed by atoms with van der Waals surface area (Å²) in [5, 5.41) is 12.5. The molecule has 158 valence electrons. The Morgan fingerprint density at radius 2 is 1.66 bits per heavy atom. The molecule has 1 fully saturated rings. The minimum Gasteiger partial charge on any atom is -0.497 e. The van der Waals surface area contributed by atoms with Gasteiger partial charge in [-0.1, -0.05) is 17.7 Å². The largest absolute Gasteiger partial charge is 0.497 e. The number of ether oxygens (including phenoxy) is 3. The normalized spacial score (nSPS) is 16.9. The van der Waals surface area contributed by atoms with Gasteiger partial charge in [-0.15, -0.1) is 0 Å². The van der Waals surface area contributed by atoms with Crippen LogP contribution in [0.4, 0.5) is 0 Å². The summed E-state index contributed by atoms with van der Waals surface area (Å²) in [5.74, 6) is 1.67. The number of morpholine rings is 1. The van der Waals surface area contributed by atoms with Crippen molar-refractivity contribution >= 4 is 0 Å². The van der Waals surface area contributed by atoms with Crippen LogP contribution in [0.25, 0.3) is 0 Å². The Labute approximate surface area is 173 Å². The average molecular weight is 403 g/mol. The maximum atomic E-state index is 10.3. The third-order valence-corrected chi connectivity index (χ3v) is 5.45. The summed E-state index contributed by atoms with van der Waals surface area (Å²) in [4.78, 5) is 1.53. The van der Waals surface area contributed by atoms with Crippen molar-refractivity contribution in [2.45, 2.75) is 19.1 Å². The van der Waals surface area contributed by atoms with Crippen molar-refractivity contribution in [1.29, 1.82) is 0 Å². The Kier molecular flexibility index (Phi) is 8.31. The number of methoxy groups -OCH3 is 1. The minimum atomic E-state index is -0.507. The van der Waals surface area contributed by atoms with Crippen LogP contribution in [0.5, 0.6) is 11.5 Å². The summed E-state index contributed by atoms with van der Waals surface area (Å²) >= 11 is 0. The number of aryl methyl sites for hydroxylation is 1. The lowest BCUT2D eigenvalue weighted by Crippen LogP contribution is -3.16. The van der Waals surface area contributed by atoms with E-state index in [2.05, 4.69) is 17.4 Å². The van der Waals surface area contributed by atoms with Crippen molar-refractivity contribution in [2.75, 3.05) is 53.1 Å². The summed E-state index contributed by atoms with van der Waals surface area (Å²) < 4.78 is 16.5. The second kappa shape index (κ2) is 11.2. The number of quaternary nitrogens is 2. The zero-order valence-corrected chi connectivity index (χ0v) is 17.5. The van der Waals surface area contributed by atoms with Crippen LogP contribution < -0.4 is 19.7 Å². The molecule has 6 nitrogen and oxygen atoms in total. The molecule has 1 saturated heterocycles. The summed E-state index contributed by atoms with van der Waals surface area (Å²) in [6.45, 7) is 7.48. The first-order chi connectivity index (χ1) is 14.2. The highest BCUT2D eigenvalue weighted by atomic mass is 16.5. The van der Waals surface area contributed by atoms with Crippen LogP contribution in [-0.4, -0.2) is 64.3 Å². The Balaban J connectivity index is 1.51. The molecule has 0 saturated carbocycles. The molecule has 4 N–H and O–H groups in total. The Morgan fingerprint density at radius 1 is 1.00 bits per heavy atom. The van der Waals surface area contributed by atoms with Crippen molar-refractivity contribution in [2.24, 2.45) is 0 Å². The van der Waals surface area contributed by atoms with Gasteiger partial charge in [-0.3, -0.25) is 0 Å². The van der Waals surface area contributed by atoms with E-state index in [-0.39, 0.29) is 0 Å². The maximum absolute atomic E-state index is 10.3. The van der Waals surface area contributed by atoms with Crippen LogP contribution in [0.1, 0.15) is 17.2 Å². The van der Waals surface area contributed by atoms with Gasteiger partial charge in [0.05, 0.1) is 20.3 Å². The zero-order chi connectivity index (χ0) is 20.5. The lowest BCUT2D eigenvalue weighted by Gasteiger charge is -2.31. The van der Waals surface area contributed by atoms with E-state index in [9.17, 15) is 5.11 Å². The fourth-order valence-electron chi connectivity index (χ4n) is 3.71. The highest BCUT2D eigenvalue weighted by molar-refractivity contribution is 5.28. The fraction of sp³-hybridized carbons (Fsp3) is 0.478. The minimum absolute atomic E-state index is 0.303. The molecule has 0 amide bonds. The molecule has 0 aromatic heterocycles. The molecule has 2 aromatic rings. The standard InChI is InChI=1S/C23H32N2O4/c1-18-3-7-22(8-4-18)29-17-20(26)15-24-16-23(25-11-13-28-14-12-25)19-5-9-21(27-2)10-6-19/h3-10,20,23-24,26H,11-17H2,1-2H3/p+2/t20-,23-/m1/s1. The third kappa shape index (κ3) is 6.72. The first-order valence-electron chi connectivity index (χ1n) is 10.4. The molecule has 0 spiro atoms. The first-order valence-corrected chi connectivity index (χ1v) is 10.4. The van der Waals surface area contributed by atoms with E-state index in [0.29, 0.717) is 19.2 Å². The zero-order valence-electron chi connectivity index (χ0n) is 17.5. The van der Waals surface area contributed by atoms with Crippen molar-refractivity contribution in [3.63, 3.8) is 0 Å². The maximum Gasteiger partial charge on any atom is 0.163 e. The van der Waals surface area contributed by atoms with E-state index in [1.807, 2.05) is 43.3 Å². The van der Waals surface area contributed by atoms with Crippen LogP contribution in [0, 0.1) is 6.92 Å². The molecule has 1 aliphatic rings. The Morgan fingerprint density at radius 3 is 2.31 bits per heavy atom. The molecule has 0 radical (unpaired) electrons. The number of hydrogen-bond donors (Lipinski definition) is 3. The number of aliphatic hydroxyl groups excluding tert-OH is 1. The molecule has 29 heavy (non-hydrogen) atoms. The number of nitrogens with two attached hydrogens (primary N) is 1. The van der Waals surface area contributed by atoms with Gasteiger partial charge in [0.2, 0.25) is 0 Å². The molecule has 0 aliphatic carbocycles. The summed E-state index contributed by atoms with van der Waals surface area (Å²) in [5.41, 5.74) is 2.49. The number of rotatable bonds is 10. The fourth-order valence-corrected chi connectivity index (χ4v) is 3.71. The number of aliphatic hydroxyl groups is 1. The van der Waals surface area contributed by atoms with Crippen molar-refractivity contribution in [1.82, 2.24) is 0 Å². The number of hydrogen-bond acceptors (Lipinski definition) is 4. The van der Waals surface area contributed by atoms with Crippen LogP contribution in [0.2, 0.25) is 0 Å². The average Bonchev–Trinajstić information content (AvgIpc) is 2.77. The van der Waals surface area contributed by atoms with Gasteiger partial charge >= 0.3 is 0 Å². The third-order valence-electron chi connectivity index (χ3n) is 5.45. The van der Waals surface area contributed by atoms with Gasteiger partial charge in [0.1, 0.15) is 50.4 Å². The van der Waals surface area contributed by atoms with Gasteiger partial charge in [-0.05, 0) is 43.3 Å². The molecule has 3 rings (SSSR count). The molecular formula is C23H34N2O4+2. The number of nitrogens with one attached hydrogen (secondary N) is 1. The van der Waals surface area contributed by atoms with Gasteiger partial charge in [0.25, 0.3) is 0 Å². The lowest BCUT2D eigenvalue weighted by molar-refractivity contribution is -0.951. The molecule has 2 atom stereocenters. The van der Waals surface area contributed by atoms with Gasteiger partial charge < -0.3 is 29.5 Å². The van der Waals surface area contributed by atoms with E-state index in [1.54, 1.807) is 7.11 Å². The molecule has 6 heteroatoms. The van der Waals surface area contributed by atoms with Gasteiger partial charge in [-0.25, -0.2) is 0 Å². The molecule has 0 unspecified atom stereocenters. The Bertz CT molecular complexity index is 715. The Hall–Kier alpha value is -2.12. The predicted octanol–water partition coefficient (Wildman–Crippen LogP) is -0.0369. The second-order valence-corrected chi connectivity index (χ2v) is 7.63. The molecular weight excluding hydrogens is 368 g/mol. The highest BCUT2D eigenvalue weighted by Gasteiger charge is 2.28. The number of benzene rings is 2. The van der Waals surface area contributed by atoms with Crippen molar-refractivity contribution in [3.8, 4) is 11.5 Å². The van der Waals surface area contributed by atoms with Gasteiger partial charge in [-0.2, -0.15) is 0 Å². The molecule has 1 aliphatic heterocycles. The van der Waals surface area contributed by atoms with E-state index in [1.165, 1.54) is 16.0 Å². The summed E-state index contributed by atoms with van der Waals surface area (Å²) in [6, 6.07) is 16.6. The van der Waals surface area contributed by atoms with Crippen molar-refractivity contribution in [3.05, 3.63) is 59.7 Å². The van der Waals surface area contributed by atoms with Crippen LogP contribution in [0.15, 0.2) is 48.5 Å². The molecule has 0 bridgehead atoms. The monoisotopic (exact) mass is 402 g/mol. The van der Waals surface area contributed by atoms with Crippen LogP contribution in [0.3, 0.4) is 0 Å². The van der Waals surface area contributed by atoms with E-state index < -0.39 is 6.10 Å². The van der Waals surface area contributed by atoms with E-state index in [4.69, 9.17) is 14.2 Å². The molecule has 2 aromatic carbocycles. The van der Waals surface area contributed by atoms with E-state index in [0.717, 1.165) is 44.3 Å². The van der Waals surface area contributed by atoms with Crippen LogP contribution >= 0.6 is 0 Å². The lowest BCUT2D eigenvalue weighted by atomic mass is 10.0. The van der Waals surface area contributed by atoms with Crippen LogP contribution in [-0.2, 0) is 4.74 Å². The van der Waals surface area contributed by atoms with Gasteiger partial charge in [0.15, 0.2) is 6.04 Å². The topological polar surface area (TPSA) is 69.0 Å². The highest BCUT2D eigenvalue weighted by Crippen LogP contribution is 2.15. The van der Waals surface area contributed by atoms with Gasteiger partial charge in [0, 0.05) is 5.56 Å². The summed E-state index contributed by atoms with van der Waals surface area (Å²) in [7, 11) is 1.69. The second-order valence-electron chi connectivity index (χ2n) is 7.63. The summed E-state index contributed by atoms with van der Waals surface area (Å²) in [6.07, 6.45) is -0.507.